The number of aromatic nitrogens is 2. The largest absolute Gasteiger partial charge is 0.328 e. The summed E-state index contributed by atoms with van der Waals surface area (Å²) in [6.45, 7) is 2.03. The van der Waals surface area contributed by atoms with Crippen molar-refractivity contribution in [3.63, 3.8) is 0 Å². The third kappa shape index (κ3) is 3.92. The molecule has 1 aliphatic carbocycles. The Kier molecular flexibility index (Phi) is 5.80. The van der Waals surface area contributed by atoms with Crippen molar-refractivity contribution >= 4 is 24.1 Å². The summed E-state index contributed by atoms with van der Waals surface area (Å²) in [5.41, 5.74) is 8.07. The van der Waals surface area contributed by atoms with Crippen LogP contribution in [0.2, 0.25) is 0 Å². The van der Waals surface area contributed by atoms with Gasteiger partial charge in [0.2, 0.25) is 5.91 Å². The Morgan fingerprint density at radius 3 is 2.83 bits per heavy atom. The van der Waals surface area contributed by atoms with Crippen molar-refractivity contribution in [2.75, 3.05) is 5.32 Å². The maximum atomic E-state index is 12.5. The lowest BCUT2D eigenvalue weighted by Gasteiger charge is -2.25. The molecule has 0 aliphatic heterocycles. The van der Waals surface area contributed by atoms with Gasteiger partial charge in [-0.1, -0.05) is 24.6 Å². The molecule has 2 aromatic rings. The van der Waals surface area contributed by atoms with E-state index in [1.807, 2.05) is 37.3 Å². The third-order valence-corrected chi connectivity index (χ3v) is 4.32. The van der Waals surface area contributed by atoms with Gasteiger partial charge in [0, 0.05) is 18.0 Å². The highest BCUT2D eigenvalue weighted by atomic mass is 35.5. The minimum atomic E-state index is 0. The van der Waals surface area contributed by atoms with Gasteiger partial charge >= 0.3 is 0 Å². The van der Waals surface area contributed by atoms with Crippen molar-refractivity contribution in [1.82, 2.24) is 9.78 Å². The molecular formula is C17H23ClN4O. The van der Waals surface area contributed by atoms with Gasteiger partial charge in [0.1, 0.15) is 5.82 Å². The Bertz CT molecular complexity index is 670. The molecule has 3 N–H and O–H groups in total. The van der Waals surface area contributed by atoms with Crippen LogP contribution in [0.1, 0.15) is 31.2 Å². The zero-order valence-corrected chi connectivity index (χ0v) is 14.1. The van der Waals surface area contributed by atoms with E-state index in [1.165, 1.54) is 0 Å². The molecule has 1 aromatic heterocycles. The van der Waals surface area contributed by atoms with Gasteiger partial charge in [-0.15, -0.1) is 12.4 Å². The van der Waals surface area contributed by atoms with Crippen molar-refractivity contribution in [3.8, 4) is 5.69 Å². The molecule has 0 saturated heterocycles. The maximum Gasteiger partial charge on any atom is 0.228 e. The summed E-state index contributed by atoms with van der Waals surface area (Å²) in [6.07, 6.45) is 5.43. The van der Waals surface area contributed by atoms with Gasteiger partial charge in [0.15, 0.2) is 0 Å². The molecule has 1 heterocycles. The average molecular weight is 335 g/mol. The molecule has 0 bridgehead atoms. The molecule has 0 spiro atoms. The minimum Gasteiger partial charge on any atom is -0.328 e. The Labute approximate surface area is 142 Å². The molecule has 0 radical (unpaired) electrons. The topological polar surface area (TPSA) is 72.9 Å². The van der Waals surface area contributed by atoms with E-state index in [-0.39, 0.29) is 30.3 Å². The van der Waals surface area contributed by atoms with Crippen LogP contribution in [-0.4, -0.2) is 21.7 Å². The highest BCUT2D eigenvalue weighted by Crippen LogP contribution is 2.25. The van der Waals surface area contributed by atoms with Crippen molar-refractivity contribution < 1.29 is 4.79 Å². The summed E-state index contributed by atoms with van der Waals surface area (Å²) >= 11 is 0. The predicted molar refractivity (Wildman–Crippen MR) is 94.1 cm³/mol. The highest BCUT2D eigenvalue weighted by molar-refractivity contribution is 5.92. The molecule has 3 rings (SSSR count). The Morgan fingerprint density at radius 2 is 2.09 bits per heavy atom. The molecule has 5 nitrogen and oxygen atoms in total. The lowest BCUT2D eigenvalue weighted by Crippen LogP contribution is -2.34. The average Bonchev–Trinajstić information content (AvgIpc) is 2.95. The second-order valence-corrected chi connectivity index (χ2v) is 6.03. The Hall–Kier alpha value is -1.85. The summed E-state index contributed by atoms with van der Waals surface area (Å²) in [6, 6.07) is 9.95. The minimum absolute atomic E-state index is 0. The van der Waals surface area contributed by atoms with Gasteiger partial charge in [-0.3, -0.25) is 4.79 Å². The maximum absolute atomic E-state index is 12.5. The Balaban J connectivity index is 0.00000192. The smallest absolute Gasteiger partial charge is 0.228 e. The fraction of sp³-hybridized carbons (Fsp3) is 0.412. The number of amides is 1. The zero-order chi connectivity index (χ0) is 15.5. The molecule has 1 aliphatic rings. The quantitative estimate of drug-likeness (QED) is 0.906. The van der Waals surface area contributed by atoms with Crippen LogP contribution in [0.5, 0.6) is 0 Å². The standard InChI is InChI=1S/C17H22N4O.ClH/c1-12-5-2-3-8-15(12)21-16(9-10-19-21)20-17(22)13-6-4-7-14(18)11-13;/h2-3,5,8-10,13-14H,4,6-7,11,18H2,1H3,(H,20,22);1H. The molecule has 1 aromatic carbocycles. The number of nitrogens with zero attached hydrogens (tertiary/aromatic N) is 2. The van der Waals surface area contributed by atoms with Crippen LogP contribution in [0, 0.1) is 12.8 Å². The molecule has 2 unspecified atom stereocenters. The van der Waals surface area contributed by atoms with Gasteiger partial charge < -0.3 is 11.1 Å². The normalized spacial score (nSPS) is 20.6. The zero-order valence-electron chi connectivity index (χ0n) is 13.2. The van der Waals surface area contributed by atoms with Gasteiger partial charge in [-0.2, -0.15) is 5.10 Å². The number of rotatable bonds is 3. The fourth-order valence-electron chi connectivity index (χ4n) is 3.09. The van der Waals surface area contributed by atoms with Crippen molar-refractivity contribution in [1.29, 1.82) is 0 Å². The number of hydrogen-bond acceptors (Lipinski definition) is 3. The number of nitrogens with two attached hydrogens (primary N) is 1. The van der Waals surface area contributed by atoms with Gasteiger partial charge in [0.25, 0.3) is 0 Å². The summed E-state index contributed by atoms with van der Waals surface area (Å²) in [4.78, 5) is 12.5. The molecule has 1 fully saturated rings. The molecule has 1 amide bonds. The Morgan fingerprint density at radius 1 is 1.30 bits per heavy atom. The molecule has 2 atom stereocenters. The first kappa shape index (κ1) is 17.5. The van der Waals surface area contributed by atoms with E-state index in [0.29, 0.717) is 5.82 Å². The van der Waals surface area contributed by atoms with Crippen LogP contribution >= 0.6 is 12.4 Å². The number of nitrogens with one attached hydrogen (secondary N) is 1. The highest BCUT2D eigenvalue weighted by Gasteiger charge is 2.26. The van der Waals surface area contributed by atoms with E-state index >= 15 is 0 Å². The van der Waals surface area contributed by atoms with Crippen LogP contribution in [0.25, 0.3) is 5.69 Å². The first-order chi connectivity index (χ1) is 10.6. The molecule has 23 heavy (non-hydrogen) atoms. The van der Waals surface area contributed by atoms with E-state index in [9.17, 15) is 4.79 Å². The summed E-state index contributed by atoms with van der Waals surface area (Å²) in [5, 5.41) is 7.35. The molecule has 124 valence electrons. The van der Waals surface area contributed by atoms with E-state index in [1.54, 1.807) is 10.9 Å². The first-order valence-corrected chi connectivity index (χ1v) is 7.81. The van der Waals surface area contributed by atoms with Crippen LogP contribution in [-0.2, 0) is 4.79 Å². The van der Waals surface area contributed by atoms with Crippen LogP contribution < -0.4 is 11.1 Å². The van der Waals surface area contributed by atoms with Crippen LogP contribution in [0.3, 0.4) is 0 Å². The SMILES string of the molecule is Cc1ccccc1-n1nccc1NC(=O)C1CCCC(N)C1.Cl. The molecular weight excluding hydrogens is 312 g/mol. The summed E-state index contributed by atoms with van der Waals surface area (Å²) in [5.74, 6) is 0.757. The lowest BCUT2D eigenvalue weighted by atomic mass is 9.85. The number of anilines is 1. The first-order valence-electron chi connectivity index (χ1n) is 7.81. The van der Waals surface area contributed by atoms with Crippen molar-refractivity contribution in [3.05, 3.63) is 42.1 Å². The monoisotopic (exact) mass is 334 g/mol. The number of hydrogen-bond donors (Lipinski definition) is 2. The number of benzene rings is 1. The number of halogens is 1. The molecule has 6 heteroatoms. The fourth-order valence-corrected chi connectivity index (χ4v) is 3.09. The van der Waals surface area contributed by atoms with E-state index in [4.69, 9.17) is 5.73 Å². The van der Waals surface area contributed by atoms with Crippen molar-refractivity contribution in [2.45, 2.75) is 38.6 Å². The number of para-hydroxylation sites is 1. The van der Waals surface area contributed by atoms with E-state index < -0.39 is 0 Å². The van der Waals surface area contributed by atoms with Crippen LogP contribution in [0.4, 0.5) is 5.82 Å². The third-order valence-electron chi connectivity index (χ3n) is 4.32. The predicted octanol–water partition coefficient (Wildman–Crippen LogP) is 3.06. The number of aryl methyl sites for hydroxylation is 1. The van der Waals surface area contributed by atoms with E-state index in [2.05, 4.69) is 10.4 Å². The second kappa shape index (κ2) is 7.62. The van der Waals surface area contributed by atoms with Crippen LogP contribution in [0.15, 0.2) is 36.5 Å². The molecule has 1 saturated carbocycles. The number of carbonyl (C=O) groups excluding carboxylic acids is 1. The summed E-state index contributed by atoms with van der Waals surface area (Å²) < 4.78 is 1.77. The van der Waals surface area contributed by atoms with Gasteiger partial charge in [-0.05, 0) is 37.8 Å². The second-order valence-electron chi connectivity index (χ2n) is 6.03. The van der Waals surface area contributed by atoms with E-state index in [0.717, 1.165) is 36.9 Å². The summed E-state index contributed by atoms with van der Waals surface area (Å²) in [7, 11) is 0. The van der Waals surface area contributed by atoms with Gasteiger partial charge in [-0.25, -0.2) is 4.68 Å². The van der Waals surface area contributed by atoms with Gasteiger partial charge in [0.05, 0.1) is 11.9 Å². The number of carbonyl (C=O) groups is 1. The van der Waals surface area contributed by atoms with Crippen molar-refractivity contribution in [2.24, 2.45) is 11.7 Å². The lowest BCUT2D eigenvalue weighted by molar-refractivity contribution is -0.120.